The third-order valence-corrected chi connectivity index (χ3v) is 4.59. The van der Waals surface area contributed by atoms with Gasteiger partial charge in [-0.15, -0.1) is 13.2 Å². The van der Waals surface area contributed by atoms with Crippen molar-refractivity contribution in [3.63, 3.8) is 0 Å². The molecule has 32 heavy (non-hydrogen) atoms. The van der Waals surface area contributed by atoms with E-state index in [-0.39, 0.29) is 18.2 Å². The lowest BCUT2D eigenvalue weighted by Gasteiger charge is -2.09. The topological polar surface area (TPSA) is 86.9 Å². The van der Waals surface area contributed by atoms with Gasteiger partial charge >= 0.3 is 6.36 Å². The maximum atomic E-state index is 12.5. The summed E-state index contributed by atoms with van der Waals surface area (Å²) in [5, 5.41) is 12.2. The summed E-state index contributed by atoms with van der Waals surface area (Å²) >= 11 is 0. The molecule has 1 amide bonds. The molecule has 3 heterocycles. The first-order valence-electron chi connectivity index (χ1n) is 9.37. The number of carbonyl (C=O) groups excluding carboxylic acids is 1. The fraction of sp³-hybridized carbons (Fsp3) is 0.143. The Morgan fingerprint density at radius 3 is 2.62 bits per heavy atom. The van der Waals surface area contributed by atoms with Gasteiger partial charge in [-0.25, -0.2) is 9.67 Å². The van der Waals surface area contributed by atoms with E-state index in [1.165, 1.54) is 28.9 Å². The Labute approximate surface area is 179 Å². The Hall–Kier alpha value is -4.15. The monoisotopic (exact) mass is 442 g/mol. The van der Waals surface area contributed by atoms with E-state index >= 15 is 0 Å². The molecule has 0 saturated carbocycles. The zero-order valence-corrected chi connectivity index (χ0v) is 16.8. The van der Waals surface area contributed by atoms with E-state index in [4.69, 9.17) is 0 Å². The highest BCUT2D eigenvalue weighted by molar-refractivity contribution is 5.95. The van der Waals surface area contributed by atoms with Crippen molar-refractivity contribution in [2.45, 2.75) is 12.9 Å². The molecule has 0 unspecified atom stereocenters. The van der Waals surface area contributed by atoms with E-state index < -0.39 is 6.36 Å². The average molecular weight is 442 g/mol. The molecule has 3 aromatic heterocycles. The number of nitrogens with zero attached hydrogens (tertiary/aromatic N) is 5. The molecule has 0 saturated heterocycles. The third kappa shape index (κ3) is 4.31. The molecule has 4 aromatic rings. The number of pyridine rings is 1. The van der Waals surface area contributed by atoms with Gasteiger partial charge in [-0.1, -0.05) is 6.58 Å². The normalized spacial score (nSPS) is 11.5. The number of nitrogens with one attached hydrogen (secondary N) is 1. The van der Waals surface area contributed by atoms with Gasteiger partial charge in [0.05, 0.1) is 29.5 Å². The standard InChI is InChI=1S/C21H17F3N6O2/c1-3-18(31)26-11-17-19-16(13-10-27-29(2)12-13)8-9-25-20(19)30(28-17)14-4-6-15(7-5-14)32-21(22,23)24/h3-10,12H,1,11H2,2H3,(H,26,31). The number of amides is 1. The lowest BCUT2D eigenvalue weighted by molar-refractivity contribution is -0.274. The summed E-state index contributed by atoms with van der Waals surface area (Å²) in [7, 11) is 1.79. The van der Waals surface area contributed by atoms with Crippen LogP contribution in [0.15, 0.2) is 61.6 Å². The van der Waals surface area contributed by atoms with Crippen molar-refractivity contribution in [2.24, 2.45) is 7.05 Å². The summed E-state index contributed by atoms with van der Waals surface area (Å²) < 4.78 is 44.5. The third-order valence-electron chi connectivity index (χ3n) is 4.59. The minimum atomic E-state index is -4.78. The molecule has 0 fully saturated rings. The molecule has 164 valence electrons. The summed E-state index contributed by atoms with van der Waals surface area (Å²) in [6, 6.07) is 7.08. The van der Waals surface area contributed by atoms with Crippen LogP contribution in [0.25, 0.3) is 27.8 Å². The van der Waals surface area contributed by atoms with Crippen LogP contribution in [-0.4, -0.2) is 36.8 Å². The van der Waals surface area contributed by atoms with Crippen LogP contribution in [0.3, 0.4) is 0 Å². The minimum Gasteiger partial charge on any atom is -0.406 e. The van der Waals surface area contributed by atoms with Crippen molar-refractivity contribution in [3.8, 4) is 22.6 Å². The van der Waals surface area contributed by atoms with E-state index in [1.54, 1.807) is 24.1 Å². The van der Waals surface area contributed by atoms with Gasteiger partial charge in [0.15, 0.2) is 5.65 Å². The summed E-state index contributed by atoms with van der Waals surface area (Å²) in [5.41, 5.74) is 3.09. The molecule has 11 heteroatoms. The predicted octanol–water partition coefficient (Wildman–Crippen LogP) is 3.52. The Kier molecular flexibility index (Phi) is 5.39. The zero-order valence-electron chi connectivity index (χ0n) is 16.8. The Balaban J connectivity index is 1.83. The van der Waals surface area contributed by atoms with Gasteiger partial charge in [0.1, 0.15) is 5.75 Å². The number of halogens is 3. The predicted molar refractivity (Wildman–Crippen MR) is 110 cm³/mol. The number of carbonyl (C=O) groups is 1. The molecule has 0 aliphatic rings. The van der Waals surface area contributed by atoms with E-state index in [1.807, 2.05) is 12.3 Å². The van der Waals surface area contributed by atoms with Gasteiger partial charge in [-0.2, -0.15) is 10.2 Å². The highest BCUT2D eigenvalue weighted by atomic mass is 19.4. The van der Waals surface area contributed by atoms with Crippen LogP contribution in [0.5, 0.6) is 5.75 Å². The highest BCUT2D eigenvalue weighted by Crippen LogP contribution is 2.32. The molecule has 0 aliphatic carbocycles. The van der Waals surface area contributed by atoms with Crippen LogP contribution >= 0.6 is 0 Å². The molecular formula is C21H17F3N6O2. The van der Waals surface area contributed by atoms with Crippen LogP contribution in [0.1, 0.15) is 5.69 Å². The number of hydrogen-bond acceptors (Lipinski definition) is 5. The van der Waals surface area contributed by atoms with E-state index in [0.717, 1.165) is 17.2 Å². The van der Waals surface area contributed by atoms with Crippen molar-refractivity contribution >= 4 is 16.9 Å². The number of hydrogen-bond donors (Lipinski definition) is 1. The van der Waals surface area contributed by atoms with Gasteiger partial charge < -0.3 is 10.1 Å². The number of aromatic nitrogens is 5. The SMILES string of the molecule is C=CC(=O)NCc1nn(-c2ccc(OC(F)(F)F)cc2)c2nccc(-c3cnn(C)c3)c12. The Bertz CT molecular complexity index is 1290. The van der Waals surface area contributed by atoms with Gasteiger partial charge in [-0.05, 0) is 42.0 Å². The van der Waals surface area contributed by atoms with Gasteiger partial charge in [0.2, 0.25) is 5.91 Å². The van der Waals surface area contributed by atoms with Gasteiger partial charge in [-0.3, -0.25) is 9.48 Å². The van der Waals surface area contributed by atoms with Crippen LogP contribution in [0.2, 0.25) is 0 Å². The molecule has 4 rings (SSSR count). The largest absolute Gasteiger partial charge is 0.573 e. The van der Waals surface area contributed by atoms with E-state index in [2.05, 4.69) is 31.8 Å². The summed E-state index contributed by atoms with van der Waals surface area (Å²) in [6.45, 7) is 3.54. The molecule has 8 nitrogen and oxygen atoms in total. The first-order chi connectivity index (χ1) is 15.2. The fourth-order valence-electron chi connectivity index (χ4n) is 3.25. The molecule has 0 radical (unpaired) electrons. The lowest BCUT2D eigenvalue weighted by atomic mass is 10.1. The van der Waals surface area contributed by atoms with Crippen LogP contribution in [-0.2, 0) is 18.4 Å². The maximum absolute atomic E-state index is 12.5. The van der Waals surface area contributed by atoms with Crippen LogP contribution in [0.4, 0.5) is 13.2 Å². The number of fused-ring (bicyclic) bond motifs is 1. The first-order valence-corrected chi connectivity index (χ1v) is 9.37. The smallest absolute Gasteiger partial charge is 0.406 e. The number of ether oxygens (including phenoxy) is 1. The molecular weight excluding hydrogens is 425 g/mol. The van der Waals surface area contributed by atoms with Crippen molar-refractivity contribution in [1.29, 1.82) is 0 Å². The molecule has 0 bridgehead atoms. The minimum absolute atomic E-state index is 0.0998. The summed E-state index contributed by atoms with van der Waals surface area (Å²) in [6.07, 6.45) is 1.51. The molecule has 1 N–H and O–H groups in total. The van der Waals surface area contributed by atoms with Crippen molar-refractivity contribution in [2.75, 3.05) is 0 Å². The molecule has 0 atom stereocenters. The molecule has 1 aromatic carbocycles. The molecule has 0 spiro atoms. The van der Waals surface area contributed by atoms with Crippen molar-refractivity contribution in [3.05, 3.63) is 67.3 Å². The first kappa shape index (κ1) is 21.1. The fourth-order valence-corrected chi connectivity index (χ4v) is 3.25. The van der Waals surface area contributed by atoms with Crippen molar-refractivity contribution < 1.29 is 22.7 Å². The maximum Gasteiger partial charge on any atom is 0.573 e. The quantitative estimate of drug-likeness (QED) is 0.462. The number of benzene rings is 1. The zero-order chi connectivity index (χ0) is 22.9. The number of alkyl halides is 3. The summed E-state index contributed by atoms with van der Waals surface area (Å²) in [5.74, 6) is -0.714. The second-order valence-electron chi connectivity index (χ2n) is 6.78. The Morgan fingerprint density at radius 2 is 2.00 bits per heavy atom. The number of aryl methyl sites for hydroxylation is 1. The second-order valence-corrected chi connectivity index (χ2v) is 6.78. The Morgan fingerprint density at radius 1 is 1.25 bits per heavy atom. The van der Waals surface area contributed by atoms with Crippen molar-refractivity contribution in [1.82, 2.24) is 29.9 Å². The summed E-state index contributed by atoms with van der Waals surface area (Å²) in [4.78, 5) is 16.1. The number of rotatable bonds is 6. The van der Waals surface area contributed by atoms with Gasteiger partial charge in [0.25, 0.3) is 0 Å². The van der Waals surface area contributed by atoms with E-state index in [0.29, 0.717) is 22.4 Å². The average Bonchev–Trinajstić information content (AvgIpc) is 3.35. The van der Waals surface area contributed by atoms with Gasteiger partial charge in [0, 0.05) is 25.0 Å². The van der Waals surface area contributed by atoms with E-state index in [9.17, 15) is 18.0 Å². The second kappa shape index (κ2) is 8.17. The van der Waals surface area contributed by atoms with Crippen LogP contribution in [0, 0.1) is 0 Å². The molecule has 0 aliphatic heterocycles. The van der Waals surface area contributed by atoms with Crippen LogP contribution < -0.4 is 10.1 Å². The highest BCUT2D eigenvalue weighted by Gasteiger charge is 2.31. The lowest BCUT2D eigenvalue weighted by Crippen LogP contribution is -2.20.